The molecule has 1 amide bonds. The number of benzene rings is 2. The van der Waals surface area contributed by atoms with E-state index in [0.29, 0.717) is 22.8 Å². The SMILES string of the molecule is Cc1cccc(C(=O)N(CC[NH+](C)C)c2nc3ccc(S(C)(=O)=O)cc3s2)c1. The summed E-state index contributed by atoms with van der Waals surface area (Å²) in [6.45, 7) is 3.24. The highest BCUT2D eigenvalue weighted by atomic mass is 32.2. The van der Waals surface area contributed by atoms with Gasteiger partial charge in [0.1, 0.15) is 0 Å². The van der Waals surface area contributed by atoms with Crippen LogP contribution >= 0.6 is 11.3 Å². The number of hydrogen-bond donors (Lipinski definition) is 1. The minimum absolute atomic E-state index is 0.104. The molecule has 0 saturated heterocycles. The van der Waals surface area contributed by atoms with E-state index in [-0.39, 0.29) is 10.8 Å². The Morgan fingerprint density at radius 2 is 1.93 bits per heavy atom. The first-order chi connectivity index (χ1) is 13.1. The maximum Gasteiger partial charge on any atom is 0.260 e. The maximum atomic E-state index is 13.2. The van der Waals surface area contributed by atoms with Crippen molar-refractivity contribution in [2.24, 2.45) is 0 Å². The van der Waals surface area contributed by atoms with Gasteiger partial charge in [0, 0.05) is 11.8 Å². The van der Waals surface area contributed by atoms with E-state index in [1.54, 1.807) is 29.2 Å². The first kappa shape index (κ1) is 20.4. The van der Waals surface area contributed by atoms with Crippen molar-refractivity contribution < 1.29 is 18.1 Å². The van der Waals surface area contributed by atoms with E-state index in [1.807, 2.05) is 39.2 Å². The first-order valence-electron chi connectivity index (χ1n) is 8.93. The number of nitrogens with one attached hydrogen (secondary N) is 1. The molecule has 0 atom stereocenters. The fraction of sp³-hybridized carbons (Fsp3) is 0.300. The summed E-state index contributed by atoms with van der Waals surface area (Å²) in [5.41, 5.74) is 2.32. The van der Waals surface area contributed by atoms with Crippen molar-refractivity contribution in [2.75, 3.05) is 38.3 Å². The fourth-order valence-electron chi connectivity index (χ4n) is 2.79. The van der Waals surface area contributed by atoms with E-state index in [4.69, 9.17) is 0 Å². The van der Waals surface area contributed by atoms with Gasteiger partial charge in [-0.1, -0.05) is 29.0 Å². The van der Waals surface area contributed by atoms with Gasteiger partial charge < -0.3 is 4.90 Å². The number of nitrogens with zero attached hydrogens (tertiary/aromatic N) is 2. The molecule has 1 heterocycles. The molecule has 148 valence electrons. The van der Waals surface area contributed by atoms with Crippen LogP contribution in [-0.2, 0) is 9.84 Å². The number of rotatable bonds is 6. The van der Waals surface area contributed by atoms with Gasteiger partial charge in [0.05, 0.1) is 42.3 Å². The van der Waals surface area contributed by atoms with Gasteiger partial charge in [-0.25, -0.2) is 13.4 Å². The predicted molar refractivity (Wildman–Crippen MR) is 113 cm³/mol. The van der Waals surface area contributed by atoms with Crippen LogP contribution in [0, 0.1) is 6.92 Å². The number of thiazole rings is 1. The summed E-state index contributed by atoms with van der Waals surface area (Å²) in [5.74, 6) is -0.104. The van der Waals surface area contributed by atoms with Crippen LogP contribution in [-0.4, -0.2) is 52.7 Å². The Labute approximate surface area is 169 Å². The van der Waals surface area contributed by atoms with Crippen LogP contribution in [0.25, 0.3) is 10.2 Å². The van der Waals surface area contributed by atoms with Crippen LogP contribution in [0.2, 0.25) is 0 Å². The summed E-state index contributed by atoms with van der Waals surface area (Å²) in [7, 11) is 0.772. The van der Waals surface area contributed by atoms with Gasteiger partial charge in [0.15, 0.2) is 15.0 Å². The number of carbonyl (C=O) groups is 1. The van der Waals surface area contributed by atoms with Crippen molar-refractivity contribution in [3.63, 3.8) is 0 Å². The number of fused-ring (bicyclic) bond motifs is 1. The van der Waals surface area contributed by atoms with Crippen molar-refractivity contribution in [1.82, 2.24) is 4.98 Å². The predicted octanol–water partition coefficient (Wildman–Crippen LogP) is 1.80. The number of carbonyl (C=O) groups excluding carboxylic acids is 1. The molecule has 0 fully saturated rings. The van der Waals surface area contributed by atoms with Gasteiger partial charge in [-0.15, -0.1) is 0 Å². The largest absolute Gasteiger partial charge is 0.338 e. The summed E-state index contributed by atoms with van der Waals surface area (Å²) < 4.78 is 24.4. The third kappa shape index (κ3) is 4.57. The molecule has 1 aromatic heterocycles. The lowest BCUT2D eigenvalue weighted by Gasteiger charge is -2.21. The van der Waals surface area contributed by atoms with Crippen LogP contribution in [0.1, 0.15) is 15.9 Å². The Kier molecular flexibility index (Phi) is 5.83. The second kappa shape index (κ2) is 7.98. The van der Waals surface area contributed by atoms with Crippen molar-refractivity contribution in [1.29, 1.82) is 0 Å². The average molecular weight is 419 g/mol. The standard InChI is InChI=1S/C20H23N3O3S2/c1-14-6-5-7-15(12-14)19(24)23(11-10-22(2)3)20-21-17-9-8-16(28(4,25)26)13-18(17)27-20/h5-9,12-13H,10-11H2,1-4H3/p+1. The average Bonchev–Trinajstić information content (AvgIpc) is 3.03. The van der Waals surface area contributed by atoms with Gasteiger partial charge in [-0.3, -0.25) is 9.69 Å². The molecule has 2 aromatic carbocycles. The quantitative estimate of drug-likeness (QED) is 0.663. The normalized spacial score (nSPS) is 11.9. The smallest absolute Gasteiger partial charge is 0.260 e. The zero-order valence-corrected chi connectivity index (χ0v) is 18.0. The van der Waals surface area contributed by atoms with E-state index in [0.717, 1.165) is 16.8 Å². The molecular weight excluding hydrogens is 394 g/mol. The molecule has 0 aliphatic carbocycles. The molecule has 0 spiro atoms. The Morgan fingerprint density at radius 3 is 2.57 bits per heavy atom. The number of aromatic nitrogens is 1. The highest BCUT2D eigenvalue weighted by Crippen LogP contribution is 2.31. The van der Waals surface area contributed by atoms with Crippen LogP contribution in [0.5, 0.6) is 0 Å². The van der Waals surface area contributed by atoms with Crippen molar-refractivity contribution in [3.05, 3.63) is 53.6 Å². The molecule has 3 rings (SSSR count). The molecule has 0 saturated carbocycles. The lowest BCUT2D eigenvalue weighted by Crippen LogP contribution is -3.06. The van der Waals surface area contributed by atoms with Crippen molar-refractivity contribution >= 4 is 42.4 Å². The zero-order chi connectivity index (χ0) is 20.5. The van der Waals surface area contributed by atoms with E-state index in [1.165, 1.54) is 22.5 Å². The van der Waals surface area contributed by atoms with Crippen molar-refractivity contribution in [3.8, 4) is 0 Å². The van der Waals surface area contributed by atoms with Crippen LogP contribution in [0.3, 0.4) is 0 Å². The molecule has 0 bridgehead atoms. The molecule has 28 heavy (non-hydrogen) atoms. The molecular formula is C20H24N3O3S2+. The van der Waals surface area contributed by atoms with Gasteiger partial charge in [0.2, 0.25) is 0 Å². The Balaban J connectivity index is 2.03. The third-order valence-electron chi connectivity index (χ3n) is 4.35. The van der Waals surface area contributed by atoms with E-state index >= 15 is 0 Å². The lowest BCUT2D eigenvalue weighted by molar-refractivity contribution is -0.856. The van der Waals surface area contributed by atoms with Gasteiger partial charge >= 0.3 is 0 Å². The number of hydrogen-bond acceptors (Lipinski definition) is 5. The molecule has 8 heteroatoms. The third-order valence-corrected chi connectivity index (χ3v) is 6.50. The minimum Gasteiger partial charge on any atom is -0.338 e. The molecule has 3 aromatic rings. The van der Waals surface area contributed by atoms with Gasteiger partial charge in [0.25, 0.3) is 5.91 Å². The Morgan fingerprint density at radius 1 is 1.18 bits per heavy atom. The molecule has 0 aliphatic rings. The highest BCUT2D eigenvalue weighted by Gasteiger charge is 2.22. The van der Waals surface area contributed by atoms with Gasteiger partial charge in [-0.2, -0.15) is 0 Å². The minimum atomic E-state index is -3.30. The summed E-state index contributed by atoms with van der Waals surface area (Å²) in [5, 5.41) is 0.577. The molecule has 1 N–H and O–H groups in total. The van der Waals surface area contributed by atoms with E-state index in [2.05, 4.69) is 4.98 Å². The summed E-state index contributed by atoms with van der Waals surface area (Å²) in [4.78, 5) is 21.0. The summed E-state index contributed by atoms with van der Waals surface area (Å²) in [6, 6.07) is 12.4. The highest BCUT2D eigenvalue weighted by molar-refractivity contribution is 7.90. The summed E-state index contributed by atoms with van der Waals surface area (Å²) in [6.07, 6.45) is 1.18. The Bertz CT molecular complexity index is 1120. The Hall–Kier alpha value is -2.29. The van der Waals surface area contributed by atoms with Crippen LogP contribution in [0.15, 0.2) is 47.4 Å². The summed E-state index contributed by atoms with van der Waals surface area (Å²) >= 11 is 1.33. The molecule has 0 unspecified atom stereocenters. The van der Waals surface area contributed by atoms with Gasteiger partial charge in [-0.05, 0) is 37.3 Å². The second-order valence-electron chi connectivity index (χ2n) is 7.18. The molecule has 0 aliphatic heterocycles. The number of anilines is 1. The van der Waals surface area contributed by atoms with E-state index in [9.17, 15) is 13.2 Å². The van der Waals surface area contributed by atoms with E-state index < -0.39 is 9.84 Å². The number of likely N-dealkylation sites (N-methyl/N-ethyl adjacent to an activating group) is 1. The second-order valence-corrected chi connectivity index (χ2v) is 10.2. The number of aryl methyl sites for hydroxylation is 1. The maximum absolute atomic E-state index is 13.2. The fourth-order valence-corrected chi connectivity index (χ4v) is 4.54. The molecule has 0 radical (unpaired) electrons. The number of quaternary nitrogens is 1. The lowest BCUT2D eigenvalue weighted by atomic mass is 10.1. The number of sulfone groups is 1. The monoisotopic (exact) mass is 418 g/mol. The van der Waals surface area contributed by atoms with Crippen LogP contribution < -0.4 is 9.80 Å². The van der Waals surface area contributed by atoms with Crippen molar-refractivity contribution in [2.45, 2.75) is 11.8 Å². The topological polar surface area (TPSA) is 71.8 Å². The zero-order valence-electron chi connectivity index (χ0n) is 16.4. The number of amides is 1. The first-order valence-corrected chi connectivity index (χ1v) is 11.6. The molecule has 6 nitrogen and oxygen atoms in total. The van der Waals surface area contributed by atoms with Crippen LogP contribution in [0.4, 0.5) is 5.13 Å².